The predicted molar refractivity (Wildman–Crippen MR) is 77.6 cm³/mol. The summed E-state index contributed by atoms with van der Waals surface area (Å²) >= 11 is 0. The Morgan fingerprint density at radius 2 is 1.95 bits per heavy atom. The van der Waals surface area contributed by atoms with Gasteiger partial charge in [-0.25, -0.2) is 0 Å². The van der Waals surface area contributed by atoms with Gasteiger partial charge >= 0.3 is 0 Å². The zero-order chi connectivity index (χ0) is 13.5. The first kappa shape index (κ1) is 12.8. The molecule has 1 aromatic rings. The van der Waals surface area contributed by atoms with Crippen molar-refractivity contribution in [2.45, 2.75) is 44.7 Å². The number of aromatic nitrogens is 2. The fourth-order valence-electron chi connectivity index (χ4n) is 3.43. The van der Waals surface area contributed by atoms with Crippen molar-refractivity contribution in [3.8, 4) is 0 Å². The second kappa shape index (κ2) is 5.15. The van der Waals surface area contributed by atoms with Crippen LogP contribution in [0.2, 0.25) is 0 Å². The number of ether oxygens (including phenoxy) is 1. The SMILES string of the molecule is COC[C@@H]1CN(CC2CC2)Cc2nn(CC3CC3)cc21. The van der Waals surface area contributed by atoms with Crippen LogP contribution in [0.5, 0.6) is 0 Å². The van der Waals surface area contributed by atoms with Crippen LogP contribution in [-0.4, -0.2) is 41.5 Å². The number of rotatable bonds is 6. The third kappa shape index (κ3) is 2.77. The molecular weight excluding hydrogens is 250 g/mol. The minimum absolute atomic E-state index is 0.510. The first-order valence-electron chi connectivity index (χ1n) is 8.09. The quantitative estimate of drug-likeness (QED) is 0.797. The lowest BCUT2D eigenvalue weighted by Gasteiger charge is -2.31. The highest BCUT2D eigenvalue weighted by molar-refractivity contribution is 5.25. The third-order valence-corrected chi connectivity index (χ3v) is 4.89. The van der Waals surface area contributed by atoms with E-state index in [0.717, 1.165) is 38.1 Å². The van der Waals surface area contributed by atoms with Crippen molar-refractivity contribution in [2.24, 2.45) is 11.8 Å². The maximum Gasteiger partial charge on any atom is 0.0800 e. The average molecular weight is 275 g/mol. The smallest absolute Gasteiger partial charge is 0.0800 e. The normalized spacial score (nSPS) is 26.8. The molecule has 0 amide bonds. The van der Waals surface area contributed by atoms with E-state index in [1.165, 1.54) is 43.5 Å². The van der Waals surface area contributed by atoms with Gasteiger partial charge in [-0.1, -0.05) is 0 Å². The lowest BCUT2D eigenvalue weighted by atomic mass is 9.95. The standard InChI is InChI=1S/C16H25N3O/c1-20-11-14-8-18(6-12-2-3-12)10-16-15(14)9-19(17-16)7-13-4-5-13/h9,12-14H,2-8,10-11H2,1H3/t14-/m0/s1. The van der Waals surface area contributed by atoms with Crippen LogP contribution in [0.4, 0.5) is 0 Å². The van der Waals surface area contributed by atoms with E-state index < -0.39 is 0 Å². The van der Waals surface area contributed by atoms with Gasteiger partial charge in [0, 0.05) is 51.0 Å². The summed E-state index contributed by atoms with van der Waals surface area (Å²) in [5.74, 6) is 2.35. The summed E-state index contributed by atoms with van der Waals surface area (Å²) in [4.78, 5) is 2.60. The topological polar surface area (TPSA) is 30.3 Å². The average Bonchev–Trinajstić information content (AvgIpc) is 3.31. The summed E-state index contributed by atoms with van der Waals surface area (Å²) in [6.45, 7) is 5.39. The lowest BCUT2D eigenvalue weighted by molar-refractivity contribution is 0.136. The molecule has 0 unspecified atom stereocenters. The van der Waals surface area contributed by atoms with E-state index in [0.29, 0.717) is 5.92 Å². The minimum atomic E-state index is 0.510. The van der Waals surface area contributed by atoms with Crippen molar-refractivity contribution in [3.63, 3.8) is 0 Å². The van der Waals surface area contributed by atoms with Gasteiger partial charge in [-0.3, -0.25) is 9.58 Å². The van der Waals surface area contributed by atoms with Gasteiger partial charge < -0.3 is 4.74 Å². The summed E-state index contributed by atoms with van der Waals surface area (Å²) < 4.78 is 7.65. The molecule has 110 valence electrons. The zero-order valence-electron chi connectivity index (χ0n) is 12.4. The van der Waals surface area contributed by atoms with E-state index >= 15 is 0 Å². The van der Waals surface area contributed by atoms with Gasteiger partial charge in [0.15, 0.2) is 0 Å². The second-order valence-electron chi connectivity index (χ2n) is 6.99. The fraction of sp³-hybridized carbons (Fsp3) is 0.812. The number of hydrogen-bond acceptors (Lipinski definition) is 3. The molecule has 20 heavy (non-hydrogen) atoms. The van der Waals surface area contributed by atoms with Crippen molar-refractivity contribution >= 4 is 0 Å². The van der Waals surface area contributed by atoms with Crippen molar-refractivity contribution in [2.75, 3.05) is 26.8 Å². The lowest BCUT2D eigenvalue weighted by Crippen LogP contribution is -2.36. The number of fused-ring (bicyclic) bond motifs is 1. The molecule has 4 rings (SSSR count). The highest BCUT2D eigenvalue weighted by Crippen LogP contribution is 2.35. The molecule has 1 aromatic heterocycles. The summed E-state index contributed by atoms with van der Waals surface area (Å²) in [6, 6.07) is 0. The first-order valence-corrected chi connectivity index (χ1v) is 8.09. The van der Waals surface area contributed by atoms with E-state index in [4.69, 9.17) is 9.84 Å². The van der Waals surface area contributed by atoms with Gasteiger partial charge in [-0.15, -0.1) is 0 Å². The Balaban J connectivity index is 1.52. The van der Waals surface area contributed by atoms with Crippen LogP contribution in [0.25, 0.3) is 0 Å². The van der Waals surface area contributed by atoms with Crippen LogP contribution in [0.1, 0.15) is 42.9 Å². The molecule has 0 saturated heterocycles. The molecule has 2 heterocycles. The van der Waals surface area contributed by atoms with Crippen molar-refractivity contribution in [1.29, 1.82) is 0 Å². The van der Waals surface area contributed by atoms with E-state index in [2.05, 4.69) is 15.8 Å². The van der Waals surface area contributed by atoms with Gasteiger partial charge in [-0.05, 0) is 37.5 Å². The van der Waals surface area contributed by atoms with E-state index in [1.54, 1.807) is 0 Å². The number of methoxy groups -OCH3 is 1. The Morgan fingerprint density at radius 3 is 2.65 bits per heavy atom. The molecule has 3 aliphatic rings. The number of hydrogen-bond donors (Lipinski definition) is 0. The first-order chi connectivity index (χ1) is 9.81. The molecule has 0 N–H and O–H groups in total. The van der Waals surface area contributed by atoms with Gasteiger partial charge in [-0.2, -0.15) is 5.10 Å². The zero-order valence-corrected chi connectivity index (χ0v) is 12.4. The largest absolute Gasteiger partial charge is 0.384 e. The Hall–Kier alpha value is -0.870. The maximum absolute atomic E-state index is 5.45. The van der Waals surface area contributed by atoms with E-state index in [-0.39, 0.29) is 0 Å². The van der Waals surface area contributed by atoms with Crippen molar-refractivity contribution in [1.82, 2.24) is 14.7 Å². The van der Waals surface area contributed by atoms with E-state index in [9.17, 15) is 0 Å². The summed E-state index contributed by atoms with van der Waals surface area (Å²) in [7, 11) is 1.81. The van der Waals surface area contributed by atoms with E-state index in [1.807, 2.05) is 7.11 Å². The maximum atomic E-state index is 5.45. The Morgan fingerprint density at radius 1 is 1.20 bits per heavy atom. The van der Waals surface area contributed by atoms with Crippen LogP contribution in [-0.2, 0) is 17.8 Å². The van der Waals surface area contributed by atoms with Crippen LogP contribution in [0.15, 0.2) is 6.20 Å². The predicted octanol–water partition coefficient (Wildman–Crippen LogP) is 2.25. The molecule has 0 aromatic carbocycles. The van der Waals surface area contributed by atoms with Crippen molar-refractivity contribution < 1.29 is 4.74 Å². The monoisotopic (exact) mass is 275 g/mol. The molecule has 0 spiro atoms. The second-order valence-corrected chi connectivity index (χ2v) is 6.99. The third-order valence-electron chi connectivity index (χ3n) is 4.89. The molecule has 1 atom stereocenters. The van der Waals surface area contributed by atoms with Gasteiger partial charge in [0.25, 0.3) is 0 Å². The molecule has 2 saturated carbocycles. The molecule has 2 aliphatic carbocycles. The number of nitrogens with zero attached hydrogens (tertiary/aromatic N) is 3. The molecule has 1 aliphatic heterocycles. The fourth-order valence-corrected chi connectivity index (χ4v) is 3.43. The van der Waals surface area contributed by atoms with Crippen LogP contribution >= 0.6 is 0 Å². The van der Waals surface area contributed by atoms with Gasteiger partial charge in [0.2, 0.25) is 0 Å². The summed E-state index contributed by atoms with van der Waals surface area (Å²) in [5.41, 5.74) is 2.75. The van der Waals surface area contributed by atoms with Crippen LogP contribution < -0.4 is 0 Å². The molecule has 2 fully saturated rings. The van der Waals surface area contributed by atoms with Gasteiger partial charge in [0.05, 0.1) is 12.3 Å². The van der Waals surface area contributed by atoms with Gasteiger partial charge in [0.1, 0.15) is 0 Å². The molecule has 0 bridgehead atoms. The highest BCUT2D eigenvalue weighted by atomic mass is 16.5. The molecule has 4 heteroatoms. The van der Waals surface area contributed by atoms with Crippen molar-refractivity contribution in [3.05, 3.63) is 17.5 Å². The Bertz CT molecular complexity index is 476. The highest BCUT2D eigenvalue weighted by Gasteiger charge is 2.32. The Kier molecular flexibility index (Phi) is 3.31. The molecule has 0 radical (unpaired) electrons. The Labute approximate surface area is 121 Å². The minimum Gasteiger partial charge on any atom is -0.384 e. The summed E-state index contributed by atoms with van der Waals surface area (Å²) in [6.07, 6.45) is 7.92. The molecule has 4 nitrogen and oxygen atoms in total. The molecular formula is C16H25N3O. The summed E-state index contributed by atoms with van der Waals surface area (Å²) in [5, 5.41) is 4.86. The van der Waals surface area contributed by atoms with Crippen LogP contribution in [0.3, 0.4) is 0 Å². The van der Waals surface area contributed by atoms with Crippen LogP contribution in [0, 0.1) is 11.8 Å².